The number of hydrogen-bond acceptors (Lipinski definition) is 2. The predicted molar refractivity (Wildman–Crippen MR) is 84.0 cm³/mol. The van der Waals surface area contributed by atoms with Gasteiger partial charge in [-0.1, -0.05) is 30.3 Å². The molecule has 3 nitrogen and oxygen atoms in total. The van der Waals surface area contributed by atoms with E-state index in [1.807, 2.05) is 30.3 Å². The highest BCUT2D eigenvalue weighted by Gasteiger charge is 2.18. The van der Waals surface area contributed by atoms with Crippen molar-refractivity contribution in [3.05, 3.63) is 64.4 Å². The Kier molecular flexibility index (Phi) is 5.13. The summed E-state index contributed by atoms with van der Waals surface area (Å²) in [6, 6.07) is 13.0. The Morgan fingerprint density at radius 3 is 2.48 bits per heavy atom. The molecular formula is C15H15BrFNO2S. The Bertz CT molecular complexity index is 720. The van der Waals surface area contributed by atoms with Gasteiger partial charge in [-0.05, 0) is 53.0 Å². The van der Waals surface area contributed by atoms with E-state index in [4.69, 9.17) is 0 Å². The fraction of sp³-hybridized carbons (Fsp3) is 0.200. The molecule has 0 radical (unpaired) electrons. The fourth-order valence-electron chi connectivity index (χ4n) is 1.99. The molecule has 112 valence electrons. The number of hydrogen-bond donors (Lipinski definition) is 1. The van der Waals surface area contributed by atoms with Crippen molar-refractivity contribution in [1.82, 2.24) is 4.72 Å². The molecule has 0 aromatic heterocycles. The Morgan fingerprint density at radius 1 is 1.19 bits per heavy atom. The zero-order valence-electron chi connectivity index (χ0n) is 11.4. The van der Waals surface area contributed by atoms with Crippen molar-refractivity contribution in [1.29, 1.82) is 0 Å². The first-order chi connectivity index (χ1) is 9.88. The molecule has 2 rings (SSSR count). The average Bonchev–Trinajstić information content (AvgIpc) is 2.42. The highest BCUT2D eigenvalue weighted by Crippen LogP contribution is 2.19. The third-order valence-corrected chi connectivity index (χ3v) is 5.17. The summed E-state index contributed by atoms with van der Waals surface area (Å²) in [7, 11) is -3.73. The van der Waals surface area contributed by atoms with Gasteiger partial charge in [0.05, 0.1) is 9.37 Å². The topological polar surface area (TPSA) is 46.2 Å². The van der Waals surface area contributed by atoms with Crippen LogP contribution < -0.4 is 4.72 Å². The van der Waals surface area contributed by atoms with Crippen LogP contribution in [0.2, 0.25) is 0 Å². The molecule has 0 saturated carbocycles. The lowest BCUT2D eigenvalue weighted by Gasteiger charge is -2.14. The number of benzene rings is 2. The number of halogens is 2. The van der Waals surface area contributed by atoms with Crippen molar-refractivity contribution in [3.63, 3.8) is 0 Å². The van der Waals surface area contributed by atoms with Crippen LogP contribution in [0.3, 0.4) is 0 Å². The van der Waals surface area contributed by atoms with Crippen molar-refractivity contribution in [3.8, 4) is 0 Å². The third kappa shape index (κ3) is 4.36. The predicted octanol–water partition coefficient (Wildman–Crippen LogP) is 3.50. The maximum absolute atomic E-state index is 13.5. The van der Waals surface area contributed by atoms with Gasteiger partial charge < -0.3 is 0 Å². The second kappa shape index (κ2) is 6.68. The Balaban J connectivity index is 2.11. The first-order valence-electron chi connectivity index (χ1n) is 6.40. The van der Waals surface area contributed by atoms with Gasteiger partial charge in [0.15, 0.2) is 0 Å². The van der Waals surface area contributed by atoms with Crippen LogP contribution in [0, 0.1) is 5.82 Å². The van der Waals surface area contributed by atoms with Crippen molar-refractivity contribution in [2.24, 2.45) is 0 Å². The summed E-state index contributed by atoms with van der Waals surface area (Å²) in [4.78, 5) is -0.0805. The zero-order chi connectivity index (χ0) is 15.5. The van der Waals surface area contributed by atoms with Crippen LogP contribution in [0.5, 0.6) is 0 Å². The minimum absolute atomic E-state index is 0.0805. The molecule has 6 heteroatoms. The van der Waals surface area contributed by atoms with Gasteiger partial charge in [0, 0.05) is 6.04 Å². The molecule has 1 unspecified atom stereocenters. The molecule has 0 spiro atoms. The molecular weight excluding hydrogens is 357 g/mol. The van der Waals surface area contributed by atoms with Crippen molar-refractivity contribution < 1.29 is 12.8 Å². The second-order valence-electron chi connectivity index (χ2n) is 4.79. The van der Waals surface area contributed by atoms with Crippen LogP contribution in [-0.4, -0.2) is 14.5 Å². The molecule has 0 aliphatic heterocycles. The van der Waals surface area contributed by atoms with Crippen LogP contribution in [0.1, 0.15) is 12.5 Å². The minimum atomic E-state index is -3.73. The minimum Gasteiger partial charge on any atom is -0.208 e. The van der Waals surface area contributed by atoms with E-state index in [1.165, 1.54) is 12.1 Å². The third-order valence-electron chi connectivity index (χ3n) is 2.94. The molecule has 0 bridgehead atoms. The van der Waals surface area contributed by atoms with Gasteiger partial charge >= 0.3 is 0 Å². The smallest absolute Gasteiger partial charge is 0.208 e. The highest BCUT2D eigenvalue weighted by atomic mass is 79.9. The Labute approximate surface area is 132 Å². The van der Waals surface area contributed by atoms with E-state index in [0.29, 0.717) is 6.42 Å². The van der Waals surface area contributed by atoms with Gasteiger partial charge in [-0.3, -0.25) is 0 Å². The monoisotopic (exact) mass is 371 g/mol. The van der Waals surface area contributed by atoms with Gasteiger partial charge in [0.25, 0.3) is 0 Å². The van der Waals surface area contributed by atoms with Gasteiger partial charge in [-0.15, -0.1) is 0 Å². The number of nitrogens with one attached hydrogen (secondary N) is 1. The van der Waals surface area contributed by atoms with Gasteiger partial charge in [-0.25, -0.2) is 17.5 Å². The summed E-state index contributed by atoms with van der Waals surface area (Å²) in [6.45, 7) is 1.78. The van der Waals surface area contributed by atoms with Gasteiger partial charge in [0.2, 0.25) is 10.0 Å². The van der Waals surface area contributed by atoms with Gasteiger partial charge in [0.1, 0.15) is 5.82 Å². The van der Waals surface area contributed by atoms with E-state index >= 15 is 0 Å². The molecule has 0 saturated heterocycles. The lowest BCUT2D eigenvalue weighted by atomic mass is 10.1. The van der Waals surface area contributed by atoms with Crippen molar-refractivity contribution in [2.75, 3.05) is 0 Å². The summed E-state index contributed by atoms with van der Waals surface area (Å²) in [5, 5.41) is 0. The van der Waals surface area contributed by atoms with Gasteiger partial charge in [-0.2, -0.15) is 0 Å². The first kappa shape index (κ1) is 16.1. The normalized spacial score (nSPS) is 13.1. The molecule has 0 fully saturated rings. The van der Waals surface area contributed by atoms with E-state index in [0.717, 1.165) is 11.6 Å². The van der Waals surface area contributed by atoms with Crippen LogP contribution >= 0.6 is 15.9 Å². The lowest BCUT2D eigenvalue weighted by molar-refractivity contribution is 0.557. The van der Waals surface area contributed by atoms with E-state index < -0.39 is 15.8 Å². The van der Waals surface area contributed by atoms with Crippen LogP contribution in [0.4, 0.5) is 4.39 Å². The standard InChI is InChI=1S/C15H15BrFNO2S/c1-11(9-12-5-3-2-4-6-12)18-21(19,20)13-7-8-14(16)15(17)10-13/h2-8,10-11,18H,9H2,1H3. The Morgan fingerprint density at radius 2 is 1.86 bits per heavy atom. The lowest BCUT2D eigenvalue weighted by Crippen LogP contribution is -2.34. The van der Waals surface area contributed by atoms with Crippen LogP contribution in [-0.2, 0) is 16.4 Å². The molecule has 21 heavy (non-hydrogen) atoms. The molecule has 1 atom stereocenters. The summed E-state index contributed by atoms with van der Waals surface area (Å²) < 4.78 is 40.7. The highest BCUT2D eigenvalue weighted by molar-refractivity contribution is 9.10. The molecule has 0 amide bonds. The first-order valence-corrected chi connectivity index (χ1v) is 8.67. The number of rotatable bonds is 5. The summed E-state index contributed by atoms with van der Waals surface area (Å²) in [6.07, 6.45) is 0.569. The molecule has 0 aliphatic rings. The molecule has 2 aromatic rings. The second-order valence-corrected chi connectivity index (χ2v) is 7.36. The average molecular weight is 372 g/mol. The SMILES string of the molecule is CC(Cc1ccccc1)NS(=O)(=O)c1ccc(Br)c(F)c1. The van der Waals surface area contributed by atoms with Crippen LogP contribution in [0.25, 0.3) is 0 Å². The maximum atomic E-state index is 13.5. The fourth-order valence-corrected chi connectivity index (χ4v) is 3.49. The summed E-state index contributed by atoms with van der Waals surface area (Å²) in [5.74, 6) is -0.603. The van der Waals surface area contributed by atoms with E-state index in [-0.39, 0.29) is 15.4 Å². The van der Waals surface area contributed by atoms with Crippen molar-refractivity contribution >= 4 is 26.0 Å². The molecule has 1 N–H and O–H groups in total. The van der Waals surface area contributed by atoms with Crippen molar-refractivity contribution in [2.45, 2.75) is 24.3 Å². The zero-order valence-corrected chi connectivity index (χ0v) is 13.8. The van der Waals surface area contributed by atoms with E-state index in [1.54, 1.807) is 6.92 Å². The quantitative estimate of drug-likeness (QED) is 0.873. The number of sulfonamides is 1. The maximum Gasteiger partial charge on any atom is 0.240 e. The van der Waals surface area contributed by atoms with Crippen LogP contribution in [0.15, 0.2) is 57.9 Å². The van der Waals surface area contributed by atoms with E-state index in [2.05, 4.69) is 20.7 Å². The summed E-state index contributed by atoms with van der Waals surface area (Å²) >= 11 is 3.00. The summed E-state index contributed by atoms with van der Waals surface area (Å²) in [5.41, 5.74) is 1.04. The molecule has 0 aliphatic carbocycles. The van der Waals surface area contributed by atoms with E-state index in [9.17, 15) is 12.8 Å². The Hall–Kier alpha value is -1.24. The molecule has 2 aromatic carbocycles. The molecule has 0 heterocycles. The largest absolute Gasteiger partial charge is 0.240 e.